The molecule has 0 saturated carbocycles. The molecular formula is C16H14N2. The number of nitrogens with one attached hydrogen (secondary N) is 1. The summed E-state index contributed by atoms with van der Waals surface area (Å²) in [6, 6.07) is 19.7. The van der Waals surface area contributed by atoms with Gasteiger partial charge in [0.05, 0.1) is 11.6 Å². The Morgan fingerprint density at radius 2 is 1.72 bits per heavy atom. The van der Waals surface area contributed by atoms with Gasteiger partial charge in [-0.15, -0.1) is 0 Å². The Kier molecular flexibility index (Phi) is 4.16. The number of nitriles is 1. The fourth-order valence-electron chi connectivity index (χ4n) is 1.60. The van der Waals surface area contributed by atoms with Gasteiger partial charge < -0.3 is 5.32 Å². The lowest BCUT2D eigenvalue weighted by atomic mass is 10.2. The van der Waals surface area contributed by atoms with Crippen LogP contribution in [0, 0.1) is 11.3 Å². The summed E-state index contributed by atoms with van der Waals surface area (Å²) in [5.74, 6) is 0. The molecule has 1 N–H and O–H groups in total. The molecule has 0 amide bonds. The topological polar surface area (TPSA) is 35.8 Å². The Bertz CT molecular complexity index is 548. The molecule has 0 aromatic heterocycles. The van der Waals surface area contributed by atoms with E-state index in [-0.39, 0.29) is 0 Å². The highest BCUT2D eigenvalue weighted by atomic mass is 14.8. The second-order valence-electron chi connectivity index (χ2n) is 3.88. The summed E-state index contributed by atoms with van der Waals surface area (Å²) in [6.45, 7) is 0.765. The van der Waals surface area contributed by atoms with E-state index in [1.54, 1.807) is 0 Å². The van der Waals surface area contributed by atoms with Gasteiger partial charge >= 0.3 is 0 Å². The average Bonchev–Trinajstić information content (AvgIpc) is 2.45. The predicted molar refractivity (Wildman–Crippen MR) is 75.1 cm³/mol. The molecule has 2 aromatic rings. The molecule has 2 rings (SSSR count). The Labute approximate surface area is 107 Å². The van der Waals surface area contributed by atoms with Crippen molar-refractivity contribution in [2.45, 2.75) is 0 Å². The fraction of sp³-hybridized carbons (Fsp3) is 0.0625. The molecule has 0 aliphatic heterocycles. The summed E-state index contributed by atoms with van der Waals surface area (Å²) in [5, 5.41) is 12.0. The van der Waals surface area contributed by atoms with Crippen molar-refractivity contribution in [3.63, 3.8) is 0 Å². The van der Waals surface area contributed by atoms with Gasteiger partial charge in [-0.25, -0.2) is 0 Å². The van der Waals surface area contributed by atoms with Gasteiger partial charge in [-0.05, 0) is 29.8 Å². The molecule has 88 valence electrons. The summed E-state index contributed by atoms with van der Waals surface area (Å²) < 4.78 is 0. The second kappa shape index (κ2) is 6.27. The molecule has 0 heterocycles. The first kappa shape index (κ1) is 11.9. The largest absolute Gasteiger partial charge is 0.382 e. The Hall–Kier alpha value is -2.53. The van der Waals surface area contributed by atoms with Crippen LogP contribution in [0.5, 0.6) is 0 Å². The summed E-state index contributed by atoms with van der Waals surface area (Å²) >= 11 is 0. The molecule has 0 unspecified atom stereocenters. The monoisotopic (exact) mass is 234 g/mol. The molecule has 0 bridgehead atoms. The highest BCUT2D eigenvalue weighted by Gasteiger charge is 1.91. The lowest BCUT2D eigenvalue weighted by Gasteiger charge is -2.02. The van der Waals surface area contributed by atoms with Gasteiger partial charge in [-0.2, -0.15) is 5.26 Å². The van der Waals surface area contributed by atoms with Crippen LogP contribution in [-0.4, -0.2) is 6.54 Å². The van der Waals surface area contributed by atoms with Crippen LogP contribution in [0.25, 0.3) is 6.08 Å². The number of benzene rings is 2. The van der Waals surface area contributed by atoms with E-state index in [1.165, 1.54) is 5.56 Å². The van der Waals surface area contributed by atoms with Crippen molar-refractivity contribution in [2.24, 2.45) is 0 Å². The van der Waals surface area contributed by atoms with Gasteiger partial charge in [0, 0.05) is 12.2 Å². The molecule has 0 radical (unpaired) electrons. The zero-order valence-corrected chi connectivity index (χ0v) is 10.0. The van der Waals surface area contributed by atoms with Gasteiger partial charge in [0.2, 0.25) is 0 Å². The van der Waals surface area contributed by atoms with Gasteiger partial charge in [-0.3, -0.25) is 0 Å². The van der Waals surface area contributed by atoms with E-state index in [0.717, 1.165) is 12.2 Å². The van der Waals surface area contributed by atoms with Crippen LogP contribution in [0.1, 0.15) is 11.1 Å². The molecule has 2 aromatic carbocycles. The third kappa shape index (κ3) is 3.50. The van der Waals surface area contributed by atoms with Gasteiger partial charge in [0.25, 0.3) is 0 Å². The van der Waals surface area contributed by atoms with Crippen LogP contribution in [-0.2, 0) is 0 Å². The third-order valence-corrected chi connectivity index (χ3v) is 2.55. The molecule has 0 aliphatic rings. The first-order valence-electron chi connectivity index (χ1n) is 5.84. The minimum Gasteiger partial charge on any atom is -0.382 e. The van der Waals surface area contributed by atoms with E-state index in [1.807, 2.05) is 42.5 Å². The number of hydrogen-bond acceptors (Lipinski definition) is 2. The predicted octanol–water partition coefficient (Wildman–Crippen LogP) is 3.68. The minimum absolute atomic E-state index is 0.681. The smallest absolute Gasteiger partial charge is 0.0991 e. The summed E-state index contributed by atoms with van der Waals surface area (Å²) in [4.78, 5) is 0. The number of hydrogen-bond donors (Lipinski definition) is 1. The van der Waals surface area contributed by atoms with Crippen molar-refractivity contribution in [1.82, 2.24) is 0 Å². The Balaban J connectivity index is 1.85. The lowest BCUT2D eigenvalue weighted by Crippen LogP contribution is -1.97. The molecule has 18 heavy (non-hydrogen) atoms. The van der Waals surface area contributed by atoms with Crippen molar-refractivity contribution in [1.29, 1.82) is 5.26 Å². The highest BCUT2D eigenvalue weighted by molar-refractivity contribution is 5.51. The second-order valence-corrected chi connectivity index (χ2v) is 3.88. The molecule has 0 saturated heterocycles. The summed E-state index contributed by atoms with van der Waals surface area (Å²) in [7, 11) is 0. The molecule has 2 heteroatoms. The Morgan fingerprint density at radius 3 is 2.39 bits per heavy atom. The fourth-order valence-corrected chi connectivity index (χ4v) is 1.60. The maximum Gasteiger partial charge on any atom is 0.0991 e. The van der Waals surface area contributed by atoms with E-state index in [9.17, 15) is 0 Å². The number of rotatable bonds is 4. The maximum atomic E-state index is 8.69. The molecule has 0 atom stereocenters. The maximum absolute atomic E-state index is 8.69. The quantitative estimate of drug-likeness (QED) is 0.875. The molecule has 0 spiro atoms. The standard InChI is InChI=1S/C16H14N2/c17-13-15-8-10-16(11-9-15)18-12-4-7-14-5-2-1-3-6-14/h1-11,18H,12H2. The van der Waals surface area contributed by atoms with Crippen molar-refractivity contribution in [2.75, 3.05) is 11.9 Å². The van der Waals surface area contributed by atoms with Crippen molar-refractivity contribution < 1.29 is 0 Å². The van der Waals surface area contributed by atoms with Crippen molar-refractivity contribution in [3.8, 4) is 6.07 Å². The van der Waals surface area contributed by atoms with E-state index in [0.29, 0.717) is 5.56 Å². The van der Waals surface area contributed by atoms with Crippen LogP contribution < -0.4 is 5.32 Å². The number of nitrogens with zero attached hydrogens (tertiary/aromatic N) is 1. The minimum atomic E-state index is 0.681. The van der Waals surface area contributed by atoms with Crippen LogP contribution in [0.2, 0.25) is 0 Å². The number of anilines is 1. The van der Waals surface area contributed by atoms with Gasteiger partial charge in [0.15, 0.2) is 0 Å². The van der Waals surface area contributed by atoms with Crippen LogP contribution in [0.4, 0.5) is 5.69 Å². The normalized spacial score (nSPS) is 10.2. The average molecular weight is 234 g/mol. The SMILES string of the molecule is N#Cc1ccc(NCC=Cc2ccccc2)cc1. The lowest BCUT2D eigenvalue weighted by molar-refractivity contribution is 1.34. The molecule has 2 nitrogen and oxygen atoms in total. The first-order chi connectivity index (χ1) is 8.88. The van der Waals surface area contributed by atoms with E-state index < -0.39 is 0 Å². The van der Waals surface area contributed by atoms with Gasteiger partial charge in [0.1, 0.15) is 0 Å². The van der Waals surface area contributed by atoms with Crippen LogP contribution >= 0.6 is 0 Å². The van der Waals surface area contributed by atoms with Gasteiger partial charge in [-0.1, -0.05) is 42.5 Å². The zero-order chi connectivity index (χ0) is 12.6. The first-order valence-corrected chi connectivity index (χ1v) is 5.84. The third-order valence-electron chi connectivity index (χ3n) is 2.55. The van der Waals surface area contributed by atoms with Crippen LogP contribution in [0.3, 0.4) is 0 Å². The molecule has 0 aliphatic carbocycles. The van der Waals surface area contributed by atoms with Crippen molar-refractivity contribution >= 4 is 11.8 Å². The highest BCUT2D eigenvalue weighted by Crippen LogP contribution is 2.08. The van der Waals surface area contributed by atoms with Crippen molar-refractivity contribution in [3.05, 3.63) is 71.8 Å². The Morgan fingerprint density at radius 1 is 1.00 bits per heavy atom. The molecule has 0 fully saturated rings. The zero-order valence-electron chi connectivity index (χ0n) is 10.0. The summed E-state index contributed by atoms with van der Waals surface area (Å²) in [5.41, 5.74) is 2.89. The van der Waals surface area contributed by atoms with Crippen LogP contribution in [0.15, 0.2) is 60.7 Å². The summed E-state index contributed by atoms with van der Waals surface area (Å²) in [6.07, 6.45) is 4.16. The van der Waals surface area contributed by atoms with E-state index >= 15 is 0 Å². The van der Waals surface area contributed by atoms with E-state index in [4.69, 9.17) is 5.26 Å². The molecular weight excluding hydrogens is 220 g/mol. The van der Waals surface area contributed by atoms with E-state index in [2.05, 4.69) is 35.7 Å².